The number of hydrogen-bond acceptors (Lipinski definition) is 4. The number of benzene rings is 2. The molecule has 0 spiro atoms. The van der Waals surface area contributed by atoms with E-state index in [-0.39, 0.29) is 6.79 Å². The van der Waals surface area contributed by atoms with E-state index < -0.39 is 0 Å². The van der Waals surface area contributed by atoms with Crippen LogP contribution in [0.25, 0.3) is 22.2 Å². The predicted octanol–water partition coefficient (Wildman–Crippen LogP) is 3.95. The van der Waals surface area contributed by atoms with Gasteiger partial charge in [-0.1, -0.05) is 24.3 Å². The van der Waals surface area contributed by atoms with E-state index in [9.17, 15) is 4.79 Å². The number of fused-ring (bicyclic) bond motifs is 1. The largest absolute Gasteiger partial charge is 0.493 e. The van der Waals surface area contributed by atoms with Crippen LogP contribution in [-0.2, 0) is 4.74 Å². The third-order valence-electron chi connectivity index (χ3n) is 3.99. The molecule has 0 atom stereocenters. The summed E-state index contributed by atoms with van der Waals surface area (Å²) in [5.41, 5.74) is 4.19. The molecule has 124 valence electrons. The summed E-state index contributed by atoms with van der Waals surface area (Å²) in [5, 5.41) is 0.694. The monoisotopic (exact) mass is 325 g/mol. The van der Waals surface area contributed by atoms with E-state index in [1.54, 1.807) is 20.3 Å². The molecule has 0 radical (unpaired) electrons. The molecule has 3 rings (SSSR count). The van der Waals surface area contributed by atoms with Crippen LogP contribution in [0.4, 0.5) is 0 Å². The average Bonchev–Trinajstić information content (AvgIpc) is 2.98. The van der Waals surface area contributed by atoms with Gasteiger partial charge in [0.1, 0.15) is 0 Å². The van der Waals surface area contributed by atoms with Crippen LogP contribution in [-0.4, -0.2) is 32.3 Å². The Bertz CT molecular complexity index is 882. The van der Waals surface area contributed by atoms with Gasteiger partial charge in [-0.15, -0.1) is 0 Å². The van der Waals surface area contributed by atoms with Crippen molar-refractivity contribution in [2.75, 3.05) is 21.0 Å². The SMILES string of the molecule is COCOc1c(OC)ccc2[nH]c(-c3ccccc3C)c(C=O)c12. The minimum atomic E-state index is 0.0681. The van der Waals surface area contributed by atoms with Gasteiger partial charge in [0, 0.05) is 12.7 Å². The number of H-pyrrole nitrogens is 1. The Kier molecular flexibility index (Phi) is 4.53. The van der Waals surface area contributed by atoms with Crippen molar-refractivity contribution < 1.29 is 19.0 Å². The zero-order valence-electron chi connectivity index (χ0n) is 13.9. The number of ether oxygens (including phenoxy) is 3. The molecule has 0 amide bonds. The number of aryl methyl sites for hydroxylation is 1. The van der Waals surface area contributed by atoms with Gasteiger partial charge in [-0.2, -0.15) is 0 Å². The van der Waals surface area contributed by atoms with Crippen molar-refractivity contribution in [1.82, 2.24) is 4.98 Å². The maximum Gasteiger partial charge on any atom is 0.188 e. The highest BCUT2D eigenvalue weighted by Gasteiger charge is 2.20. The molecule has 0 saturated heterocycles. The number of rotatable bonds is 6. The van der Waals surface area contributed by atoms with Crippen molar-refractivity contribution in [1.29, 1.82) is 0 Å². The van der Waals surface area contributed by atoms with E-state index in [1.165, 1.54) is 0 Å². The van der Waals surface area contributed by atoms with Crippen LogP contribution in [0.3, 0.4) is 0 Å². The first kappa shape index (κ1) is 16.1. The van der Waals surface area contributed by atoms with Crippen molar-refractivity contribution in [3.63, 3.8) is 0 Å². The summed E-state index contributed by atoms with van der Waals surface area (Å²) in [6.07, 6.45) is 0.847. The maximum atomic E-state index is 11.9. The van der Waals surface area contributed by atoms with Gasteiger partial charge in [0.05, 0.1) is 29.3 Å². The van der Waals surface area contributed by atoms with Crippen molar-refractivity contribution in [2.24, 2.45) is 0 Å². The van der Waals surface area contributed by atoms with Gasteiger partial charge >= 0.3 is 0 Å². The highest BCUT2D eigenvalue weighted by Crippen LogP contribution is 2.41. The van der Waals surface area contributed by atoms with Crippen molar-refractivity contribution in [2.45, 2.75) is 6.92 Å². The molecule has 2 aromatic carbocycles. The Morgan fingerprint density at radius 1 is 1.12 bits per heavy atom. The molecular weight excluding hydrogens is 306 g/mol. The zero-order chi connectivity index (χ0) is 17.1. The third-order valence-corrected chi connectivity index (χ3v) is 3.99. The van der Waals surface area contributed by atoms with E-state index in [4.69, 9.17) is 14.2 Å². The second-order valence-electron chi connectivity index (χ2n) is 5.42. The van der Waals surface area contributed by atoms with E-state index >= 15 is 0 Å². The zero-order valence-corrected chi connectivity index (χ0v) is 13.9. The number of aromatic amines is 1. The Morgan fingerprint density at radius 3 is 2.58 bits per heavy atom. The molecule has 5 heteroatoms. The summed E-state index contributed by atoms with van der Waals surface area (Å²) in [4.78, 5) is 15.2. The minimum absolute atomic E-state index is 0.0681. The third kappa shape index (κ3) is 2.63. The van der Waals surface area contributed by atoms with Gasteiger partial charge in [-0.05, 0) is 24.6 Å². The first-order chi connectivity index (χ1) is 11.7. The molecule has 5 nitrogen and oxygen atoms in total. The summed E-state index contributed by atoms with van der Waals surface area (Å²) >= 11 is 0. The van der Waals surface area contributed by atoms with Crippen LogP contribution < -0.4 is 9.47 Å². The van der Waals surface area contributed by atoms with Gasteiger partial charge in [0.15, 0.2) is 24.6 Å². The molecule has 1 N–H and O–H groups in total. The van der Waals surface area contributed by atoms with E-state index in [2.05, 4.69) is 4.98 Å². The first-order valence-corrected chi connectivity index (χ1v) is 7.56. The fourth-order valence-corrected chi connectivity index (χ4v) is 2.87. The number of hydrogen-bond donors (Lipinski definition) is 1. The number of nitrogens with one attached hydrogen (secondary N) is 1. The van der Waals surface area contributed by atoms with E-state index in [0.717, 1.165) is 28.6 Å². The van der Waals surface area contributed by atoms with Crippen LogP contribution in [0.1, 0.15) is 15.9 Å². The molecule has 1 aromatic heterocycles. The molecule has 0 fully saturated rings. The molecule has 0 aliphatic heterocycles. The molecule has 0 aliphatic rings. The van der Waals surface area contributed by atoms with Crippen molar-refractivity contribution in [3.8, 4) is 22.8 Å². The second-order valence-corrected chi connectivity index (χ2v) is 5.42. The van der Waals surface area contributed by atoms with E-state index in [0.29, 0.717) is 22.4 Å². The lowest BCUT2D eigenvalue weighted by Gasteiger charge is -2.11. The molecule has 0 saturated carbocycles. The minimum Gasteiger partial charge on any atom is -0.493 e. The Labute approximate surface area is 140 Å². The molecule has 0 bridgehead atoms. The normalized spacial score (nSPS) is 10.8. The fraction of sp³-hybridized carbons (Fsp3) is 0.211. The van der Waals surface area contributed by atoms with Crippen LogP contribution in [0.5, 0.6) is 11.5 Å². The first-order valence-electron chi connectivity index (χ1n) is 7.56. The van der Waals surface area contributed by atoms with Gasteiger partial charge < -0.3 is 19.2 Å². The molecule has 3 aromatic rings. The number of aromatic nitrogens is 1. The van der Waals surface area contributed by atoms with Crippen LogP contribution in [0, 0.1) is 6.92 Å². The average molecular weight is 325 g/mol. The molecule has 24 heavy (non-hydrogen) atoms. The van der Waals surface area contributed by atoms with Crippen LogP contribution in [0.2, 0.25) is 0 Å². The standard InChI is InChI=1S/C19H19NO4/c1-12-6-4-5-7-13(12)18-14(10-21)17-15(20-18)8-9-16(23-3)19(17)24-11-22-2/h4-10,20H,11H2,1-3H3. The quantitative estimate of drug-likeness (QED) is 0.551. The Hall–Kier alpha value is -2.79. The molecule has 1 heterocycles. The summed E-state index contributed by atoms with van der Waals surface area (Å²) in [6.45, 7) is 2.08. The van der Waals surface area contributed by atoms with Crippen molar-refractivity contribution in [3.05, 3.63) is 47.5 Å². The molecular formula is C19H19NO4. The van der Waals surface area contributed by atoms with Crippen molar-refractivity contribution >= 4 is 17.2 Å². The summed E-state index contributed by atoms with van der Waals surface area (Å²) in [7, 11) is 3.11. The Morgan fingerprint density at radius 2 is 1.92 bits per heavy atom. The fourth-order valence-electron chi connectivity index (χ4n) is 2.87. The van der Waals surface area contributed by atoms with Crippen LogP contribution in [0.15, 0.2) is 36.4 Å². The number of aldehydes is 1. The smallest absolute Gasteiger partial charge is 0.188 e. The summed E-state index contributed by atoms with van der Waals surface area (Å²) in [5.74, 6) is 1.05. The summed E-state index contributed by atoms with van der Waals surface area (Å²) in [6, 6.07) is 11.6. The van der Waals surface area contributed by atoms with Gasteiger partial charge in [-0.3, -0.25) is 4.79 Å². The molecule has 0 unspecified atom stereocenters. The van der Waals surface area contributed by atoms with Gasteiger partial charge in [-0.25, -0.2) is 0 Å². The second kappa shape index (κ2) is 6.76. The lowest BCUT2D eigenvalue weighted by atomic mass is 10.0. The lowest BCUT2D eigenvalue weighted by molar-refractivity contribution is 0.0503. The van der Waals surface area contributed by atoms with Gasteiger partial charge in [0.25, 0.3) is 0 Å². The Balaban J connectivity index is 2.31. The van der Waals surface area contributed by atoms with E-state index in [1.807, 2.05) is 37.3 Å². The number of methoxy groups -OCH3 is 2. The van der Waals surface area contributed by atoms with Crippen LogP contribution >= 0.6 is 0 Å². The predicted molar refractivity (Wildman–Crippen MR) is 92.9 cm³/mol. The van der Waals surface area contributed by atoms with Gasteiger partial charge in [0.2, 0.25) is 0 Å². The maximum absolute atomic E-state index is 11.9. The number of carbonyl (C=O) groups excluding carboxylic acids is 1. The topological polar surface area (TPSA) is 60.6 Å². The highest BCUT2D eigenvalue weighted by atomic mass is 16.7. The number of carbonyl (C=O) groups is 1. The highest BCUT2D eigenvalue weighted by molar-refractivity contribution is 6.08. The summed E-state index contributed by atoms with van der Waals surface area (Å²) < 4.78 is 16.1. The lowest BCUT2D eigenvalue weighted by Crippen LogP contribution is -2.01. The molecule has 0 aliphatic carbocycles.